The minimum absolute atomic E-state index is 1.25. The minimum atomic E-state index is 1.25. The van der Waals surface area contributed by atoms with Gasteiger partial charge in [0.05, 0.1) is 0 Å². The maximum Gasteiger partial charge on any atom is -0.0152 e. The number of aryl methyl sites for hydroxylation is 2. The van der Waals surface area contributed by atoms with Crippen molar-refractivity contribution in [2.45, 2.75) is 48.0 Å². The smallest absolute Gasteiger partial charge is 0.0152 e. The molecule has 0 unspecified atom stereocenters. The van der Waals surface area contributed by atoms with Crippen molar-refractivity contribution < 1.29 is 0 Å². The topological polar surface area (TPSA) is 0 Å². The number of benzene rings is 2. The van der Waals surface area contributed by atoms with Crippen LogP contribution in [-0.2, 0) is 0 Å². The monoisotopic (exact) mass is 256 g/mol. The van der Waals surface area contributed by atoms with Crippen molar-refractivity contribution in [3.05, 3.63) is 59.7 Å². The Morgan fingerprint density at radius 3 is 1.16 bits per heavy atom. The molecule has 0 aliphatic carbocycles. The summed E-state index contributed by atoms with van der Waals surface area (Å²) in [5, 5.41) is 0. The van der Waals surface area contributed by atoms with E-state index in [9.17, 15) is 0 Å². The molecule has 0 amide bonds. The van der Waals surface area contributed by atoms with Gasteiger partial charge in [-0.2, -0.15) is 0 Å². The lowest BCUT2D eigenvalue weighted by atomic mass is 9.97. The standard InChI is InChI=1S/C14H14.C3H8.C2H6/c1-11-7-3-5-9-13(11)14-10-6-4-8-12(14)2;1-3-2;1-2/h3-10H,1-2H3;3H2,1-2H3;1-2H3. The Morgan fingerprint density at radius 1 is 0.632 bits per heavy atom. The molecule has 0 radical (unpaired) electrons. The molecule has 0 nitrogen and oxygen atoms in total. The summed E-state index contributed by atoms with van der Waals surface area (Å²) in [6, 6.07) is 17.0. The van der Waals surface area contributed by atoms with E-state index in [2.05, 4.69) is 76.2 Å². The normalized spacial score (nSPS) is 8.74. The average Bonchev–Trinajstić information content (AvgIpc) is 2.43. The van der Waals surface area contributed by atoms with E-state index in [-0.39, 0.29) is 0 Å². The predicted octanol–water partition coefficient (Wildman–Crippen LogP) is 6.41. The molecule has 0 atom stereocenters. The molecule has 0 N–H and O–H groups in total. The molecule has 104 valence electrons. The second kappa shape index (κ2) is 10.4. The van der Waals surface area contributed by atoms with Crippen molar-refractivity contribution in [2.75, 3.05) is 0 Å². The summed E-state index contributed by atoms with van der Waals surface area (Å²) in [5.74, 6) is 0. The van der Waals surface area contributed by atoms with Gasteiger partial charge in [-0.25, -0.2) is 0 Å². The van der Waals surface area contributed by atoms with E-state index in [1.807, 2.05) is 13.8 Å². The van der Waals surface area contributed by atoms with Crippen molar-refractivity contribution in [2.24, 2.45) is 0 Å². The molecular weight excluding hydrogens is 228 g/mol. The van der Waals surface area contributed by atoms with Crippen LogP contribution in [0, 0.1) is 13.8 Å². The molecule has 0 saturated carbocycles. The van der Waals surface area contributed by atoms with E-state index in [0.29, 0.717) is 0 Å². The summed E-state index contributed by atoms with van der Waals surface area (Å²) < 4.78 is 0. The molecule has 0 aliphatic rings. The van der Waals surface area contributed by atoms with E-state index in [1.54, 1.807) is 0 Å². The van der Waals surface area contributed by atoms with Crippen LogP contribution in [0.5, 0.6) is 0 Å². The molecular formula is C19H28. The molecule has 0 fully saturated rings. The first-order valence-electron chi connectivity index (χ1n) is 7.32. The fraction of sp³-hybridized carbons (Fsp3) is 0.368. The van der Waals surface area contributed by atoms with Gasteiger partial charge in [-0.15, -0.1) is 0 Å². The molecule has 0 heterocycles. The van der Waals surface area contributed by atoms with Crippen LogP contribution in [0.1, 0.15) is 45.2 Å². The summed E-state index contributed by atoms with van der Waals surface area (Å²) in [6.45, 7) is 12.6. The molecule has 0 aromatic heterocycles. The van der Waals surface area contributed by atoms with E-state index >= 15 is 0 Å². The summed E-state index contributed by atoms with van der Waals surface area (Å²) in [6.07, 6.45) is 1.25. The van der Waals surface area contributed by atoms with E-state index < -0.39 is 0 Å². The maximum atomic E-state index is 2.18. The number of hydrogen-bond acceptors (Lipinski definition) is 0. The van der Waals surface area contributed by atoms with E-state index in [0.717, 1.165) is 0 Å². The van der Waals surface area contributed by atoms with E-state index in [1.165, 1.54) is 28.7 Å². The van der Waals surface area contributed by atoms with Crippen LogP contribution in [0.2, 0.25) is 0 Å². The molecule has 0 saturated heterocycles. The van der Waals surface area contributed by atoms with Gasteiger partial charge in [0.25, 0.3) is 0 Å². The third-order valence-electron chi connectivity index (χ3n) is 2.58. The van der Waals surface area contributed by atoms with Gasteiger partial charge < -0.3 is 0 Å². The molecule has 2 aromatic carbocycles. The lowest BCUT2D eigenvalue weighted by molar-refractivity contribution is 1.09. The van der Waals surface area contributed by atoms with Gasteiger partial charge in [0.1, 0.15) is 0 Å². The van der Waals surface area contributed by atoms with Crippen LogP contribution < -0.4 is 0 Å². The first kappa shape index (κ1) is 17.4. The highest BCUT2D eigenvalue weighted by Crippen LogP contribution is 2.25. The van der Waals surface area contributed by atoms with E-state index in [4.69, 9.17) is 0 Å². The van der Waals surface area contributed by atoms with Crippen LogP contribution in [0.4, 0.5) is 0 Å². The van der Waals surface area contributed by atoms with Gasteiger partial charge in [0, 0.05) is 0 Å². The highest BCUT2D eigenvalue weighted by atomic mass is 14.1. The molecule has 0 bridgehead atoms. The summed E-state index contributed by atoms with van der Waals surface area (Å²) in [7, 11) is 0. The highest BCUT2D eigenvalue weighted by molar-refractivity contribution is 5.70. The van der Waals surface area contributed by atoms with Crippen molar-refractivity contribution in [1.82, 2.24) is 0 Å². The molecule has 2 aromatic rings. The van der Waals surface area contributed by atoms with Gasteiger partial charge in [-0.1, -0.05) is 82.6 Å². The summed E-state index contributed by atoms with van der Waals surface area (Å²) >= 11 is 0. The van der Waals surface area contributed by atoms with Gasteiger partial charge in [-0.3, -0.25) is 0 Å². The first-order valence-corrected chi connectivity index (χ1v) is 7.32. The maximum absolute atomic E-state index is 2.18. The first-order chi connectivity index (χ1) is 9.20. The second-order valence-corrected chi connectivity index (χ2v) is 4.34. The van der Waals surface area contributed by atoms with Crippen LogP contribution in [-0.4, -0.2) is 0 Å². The van der Waals surface area contributed by atoms with Crippen LogP contribution in [0.15, 0.2) is 48.5 Å². The molecule has 2 rings (SSSR count). The Kier molecular flexibility index (Phi) is 9.52. The summed E-state index contributed by atoms with van der Waals surface area (Å²) in [4.78, 5) is 0. The largest absolute Gasteiger partial charge is 0.0683 e. The fourth-order valence-electron chi connectivity index (χ4n) is 1.75. The lowest BCUT2D eigenvalue weighted by Gasteiger charge is -2.08. The lowest BCUT2D eigenvalue weighted by Crippen LogP contribution is -1.85. The Bertz CT molecular complexity index is 412. The number of rotatable bonds is 1. The van der Waals surface area contributed by atoms with Crippen molar-refractivity contribution >= 4 is 0 Å². The van der Waals surface area contributed by atoms with Crippen molar-refractivity contribution in [3.63, 3.8) is 0 Å². The quantitative estimate of drug-likeness (QED) is 0.552. The third kappa shape index (κ3) is 5.74. The average molecular weight is 256 g/mol. The Morgan fingerprint density at radius 2 is 0.895 bits per heavy atom. The molecule has 0 spiro atoms. The van der Waals surface area contributed by atoms with Gasteiger partial charge in [0.2, 0.25) is 0 Å². The Balaban J connectivity index is 0.000000573. The molecule has 0 heteroatoms. The predicted molar refractivity (Wildman–Crippen MR) is 88.7 cm³/mol. The number of hydrogen-bond donors (Lipinski definition) is 0. The highest BCUT2D eigenvalue weighted by Gasteiger charge is 2.02. The zero-order valence-corrected chi connectivity index (χ0v) is 13.3. The van der Waals surface area contributed by atoms with Crippen LogP contribution in [0.25, 0.3) is 11.1 Å². The van der Waals surface area contributed by atoms with Crippen molar-refractivity contribution in [3.8, 4) is 11.1 Å². The summed E-state index contributed by atoms with van der Waals surface area (Å²) in [5.41, 5.74) is 5.35. The van der Waals surface area contributed by atoms with Crippen LogP contribution in [0.3, 0.4) is 0 Å². The van der Waals surface area contributed by atoms with Gasteiger partial charge in [0.15, 0.2) is 0 Å². The third-order valence-corrected chi connectivity index (χ3v) is 2.58. The fourth-order valence-corrected chi connectivity index (χ4v) is 1.75. The SMILES string of the molecule is CC.CCC.Cc1ccccc1-c1ccccc1C. The Hall–Kier alpha value is -1.56. The zero-order valence-electron chi connectivity index (χ0n) is 13.3. The molecule has 19 heavy (non-hydrogen) atoms. The second-order valence-electron chi connectivity index (χ2n) is 4.34. The van der Waals surface area contributed by atoms with Gasteiger partial charge >= 0.3 is 0 Å². The van der Waals surface area contributed by atoms with Crippen LogP contribution >= 0.6 is 0 Å². The van der Waals surface area contributed by atoms with Crippen molar-refractivity contribution in [1.29, 1.82) is 0 Å². The zero-order chi connectivity index (χ0) is 14.7. The minimum Gasteiger partial charge on any atom is -0.0683 e. The van der Waals surface area contributed by atoms with Gasteiger partial charge in [-0.05, 0) is 36.1 Å². The molecule has 0 aliphatic heterocycles. The Labute approximate surface area is 119 Å².